The molecule has 1 amide bonds. The fraction of sp³-hybridized carbons (Fsp3) is 0.438. The van der Waals surface area contributed by atoms with Gasteiger partial charge in [-0.2, -0.15) is 0 Å². The molecule has 3 N–H and O–H groups in total. The summed E-state index contributed by atoms with van der Waals surface area (Å²) in [6.07, 6.45) is 6.16. The number of rotatable bonds is 4. The average Bonchev–Trinajstić information content (AvgIpc) is 3.07. The average molecular weight is 272 g/mol. The monoisotopic (exact) mass is 272 g/mol. The summed E-state index contributed by atoms with van der Waals surface area (Å²) in [6, 6.07) is 7.97. The highest BCUT2D eigenvalue weighted by Crippen LogP contribution is 2.29. The third-order valence-corrected chi connectivity index (χ3v) is 4.29. The van der Waals surface area contributed by atoms with Crippen LogP contribution in [0.15, 0.2) is 30.5 Å². The van der Waals surface area contributed by atoms with Gasteiger partial charge in [-0.25, -0.2) is 0 Å². The van der Waals surface area contributed by atoms with Crippen LogP contribution in [-0.4, -0.2) is 28.1 Å². The maximum absolute atomic E-state index is 12.2. The van der Waals surface area contributed by atoms with Gasteiger partial charge in [0.2, 0.25) is 5.91 Å². The second kappa shape index (κ2) is 5.29. The minimum atomic E-state index is -0.386. The molecule has 0 spiro atoms. The van der Waals surface area contributed by atoms with Crippen LogP contribution in [0.25, 0.3) is 10.9 Å². The number of hydrogen-bond donors (Lipinski definition) is 3. The molecular formula is C16H20N2O2. The lowest BCUT2D eigenvalue weighted by Crippen LogP contribution is -2.49. The van der Waals surface area contributed by atoms with Crippen molar-refractivity contribution in [2.45, 2.75) is 37.6 Å². The first-order valence-corrected chi connectivity index (χ1v) is 7.19. The molecule has 0 radical (unpaired) electrons. The first-order chi connectivity index (χ1) is 9.72. The zero-order valence-corrected chi connectivity index (χ0v) is 11.5. The van der Waals surface area contributed by atoms with E-state index >= 15 is 0 Å². The number of H-pyrrole nitrogens is 1. The second-order valence-electron chi connectivity index (χ2n) is 5.73. The lowest BCUT2D eigenvalue weighted by molar-refractivity contribution is -0.122. The Labute approximate surface area is 118 Å². The van der Waals surface area contributed by atoms with E-state index in [1.54, 1.807) is 0 Å². The molecule has 20 heavy (non-hydrogen) atoms. The zero-order valence-electron chi connectivity index (χ0n) is 11.5. The van der Waals surface area contributed by atoms with E-state index in [2.05, 4.69) is 10.3 Å². The molecule has 1 fully saturated rings. The number of aromatic amines is 1. The van der Waals surface area contributed by atoms with E-state index in [-0.39, 0.29) is 18.1 Å². The normalized spacial score (nSPS) is 17.4. The largest absolute Gasteiger partial charge is 0.394 e. The topological polar surface area (TPSA) is 65.1 Å². The van der Waals surface area contributed by atoms with Gasteiger partial charge < -0.3 is 15.4 Å². The molecular weight excluding hydrogens is 252 g/mol. The first-order valence-electron chi connectivity index (χ1n) is 7.19. The number of carbonyl (C=O) groups is 1. The standard InChI is InChI=1S/C16H20N2O2/c19-11-16(7-3-4-8-16)18-15(20)9-12-10-17-14-6-2-1-5-13(12)14/h1-2,5-6,10,17,19H,3-4,7-9,11H2,(H,18,20). The van der Waals surface area contributed by atoms with Gasteiger partial charge in [-0.15, -0.1) is 0 Å². The van der Waals surface area contributed by atoms with Gasteiger partial charge in [0.25, 0.3) is 0 Å². The number of benzene rings is 1. The van der Waals surface area contributed by atoms with E-state index in [9.17, 15) is 9.90 Å². The van der Waals surface area contributed by atoms with Crippen molar-refractivity contribution in [3.8, 4) is 0 Å². The van der Waals surface area contributed by atoms with Crippen molar-refractivity contribution >= 4 is 16.8 Å². The predicted molar refractivity (Wildman–Crippen MR) is 78.4 cm³/mol. The molecule has 1 aromatic heterocycles. The number of amides is 1. The molecule has 106 valence electrons. The lowest BCUT2D eigenvalue weighted by atomic mass is 9.98. The van der Waals surface area contributed by atoms with Crippen LogP contribution in [-0.2, 0) is 11.2 Å². The number of aliphatic hydroxyl groups is 1. The predicted octanol–water partition coefficient (Wildman–Crippen LogP) is 2.13. The SMILES string of the molecule is O=C(Cc1c[nH]c2ccccc12)NC1(CO)CCCC1. The number of nitrogens with one attached hydrogen (secondary N) is 2. The quantitative estimate of drug-likeness (QED) is 0.798. The van der Waals surface area contributed by atoms with Crippen LogP contribution in [0.4, 0.5) is 0 Å². The van der Waals surface area contributed by atoms with E-state index in [4.69, 9.17) is 0 Å². The molecule has 1 heterocycles. The first kappa shape index (κ1) is 13.2. The van der Waals surface area contributed by atoms with Crippen molar-refractivity contribution in [3.05, 3.63) is 36.0 Å². The maximum atomic E-state index is 12.2. The van der Waals surface area contributed by atoms with Crippen molar-refractivity contribution < 1.29 is 9.90 Å². The van der Waals surface area contributed by atoms with Gasteiger partial charge in [0, 0.05) is 17.1 Å². The van der Waals surface area contributed by atoms with Crippen LogP contribution in [0.1, 0.15) is 31.2 Å². The minimum absolute atomic E-state index is 0.00861. The number of carbonyl (C=O) groups excluding carboxylic acids is 1. The molecule has 1 aromatic carbocycles. The Balaban J connectivity index is 1.73. The van der Waals surface area contributed by atoms with Gasteiger partial charge in [-0.1, -0.05) is 31.0 Å². The molecule has 0 bridgehead atoms. The molecule has 1 aliphatic rings. The number of fused-ring (bicyclic) bond motifs is 1. The summed E-state index contributed by atoms with van der Waals surface area (Å²) in [7, 11) is 0. The summed E-state index contributed by atoms with van der Waals surface area (Å²) < 4.78 is 0. The van der Waals surface area contributed by atoms with Crippen LogP contribution >= 0.6 is 0 Å². The third kappa shape index (κ3) is 2.43. The van der Waals surface area contributed by atoms with Crippen LogP contribution < -0.4 is 5.32 Å². The Morgan fingerprint density at radius 3 is 2.80 bits per heavy atom. The van der Waals surface area contributed by atoms with E-state index < -0.39 is 0 Å². The van der Waals surface area contributed by atoms with Crippen molar-refractivity contribution in [2.24, 2.45) is 0 Å². The minimum Gasteiger partial charge on any atom is -0.394 e. The van der Waals surface area contributed by atoms with Crippen molar-refractivity contribution in [1.82, 2.24) is 10.3 Å². The summed E-state index contributed by atoms with van der Waals surface area (Å²) in [5, 5.41) is 13.7. The summed E-state index contributed by atoms with van der Waals surface area (Å²) in [4.78, 5) is 15.4. The highest BCUT2D eigenvalue weighted by molar-refractivity contribution is 5.89. The van der Waals surface area contributed by atoms with Gasteiger partial charge >= 0.3 is 0 Å². The van der Waals surface area contributed by atoms with Crippen LogP contribution in [0.2, 0.25) is 0 Å². The highest BCUT2D eigenvalue weighted by Gasteiger charge is 2.34. The smallest absolute Gasteiger partial charge is 0.225 e. The number of hydrogen-bond acceptors (Lipinski definition) is 2. The van der Waals surface area contributed by atoms with Gasteiger partial charge in [-0.05, 0) is 24.5 Å². The van der Waals surface area contributed by atoms with Gasteiger partial charge in [0.05, 0.1) is 18.6 Å². The van der Waals surface area contributed by atoms with Crippen molar-refractivity contribution in [3.63, 3.8) is 0 Å². The molecule has 2 aromatic rings. The summed E-state index contributed by atoms with van der Waals surface area (Å²) in [5.74, 6) is -0.00861. The van der Waals surface area contributed by atoms with Crippen LogP contribution in [0.3, 0.4) is 0 Å². The fourth-order valence-electron chi connectivity index (χ4n) is 3.17. The lowest BCUT2D eigenvalue weighted by Gasteiger charge is -2.27. The Morgan fingerprint density at radius 1 is 1.30 bits per heavy atom. The summed E-state index contributed by atoms with van der Waals surface area (Å²) >= 11 is 0. The zero-order chi connectivity index (χ0) is 14.0. The Hall–Kier alpha value is -1.81. The van der Waals surface area contributed by atoms with Crippen LogP contribution in [0, 0.1) is 0 Å². The third-order valence-electron chi connectivity index (χ3n) is 4.29. The molecule has 0 saturated heterocycles. The molecule has 4 heteroatoms. The summed E-state index contributed by atoms with van der Waals surface area (Å²) in [6.45, 7) is 0.0343. The van der Waals surface area contributed by atoms with E-state index in [0.717, 1.165) is 42.1 Å². The van der Waals surface area contributed by atoms with Gasteiger partial charge in [0.15, 0.2) is 0 Å². The fourth-order valence-corrected chi connectivity index (χ4v) is 3.17. The number of aliphatic hydroxyl groups excluding tert-OH is 1. The Bertz CT molecular complexity index is 612. The van der Waals surface area contributed by atoms with E-state index in [1.807, 2.05) is 30.5 Å². The van der Waals surface area contributed by atoms with E-state index in [0.29, 0.717) is 6.42 Å². The van der Waals surface area contributed by atoms with Gasteiger partial charge in [0.1, 0.15) is 0 Å². The van der Waals surface area contributed by atoms with Gasteiger partial charge in [-0.3, -0.25) is 4.79 Å². The molecule has 0 aliphatic heterocycles. The molecule has 3 rings (SSSR count). The van der Waals surface area contributed by atoms with Crippen molar-refractivity contribution in [1.29, 1.82) is 0 Å². The van der Waals surface area contributed by atoms with E-state index in [1.165, 1.54) is 0 Å². The second-order valence-corrected chi connectivity index (χ2v) is 5.73. The number of para-hydroxylation sites is 1. The Kier molecular flexibility index (Phi) is 3.49. The molecule has 1 saturated carbocycles. The molecule has 0 atom stereocenters. The summed E-state index contributed by atoms with van der Waals surface area (Å²) in [5.41, 5.74) is 1.67. The van der Waals surface area contributed by atoms with Crippen LogP contribution in [0.5, 0.6) is 0 Å². The highest BCUT2D eigenvalue weighted by atomic mass is 16.3. The molecule has 0 unspecified atom stereocenters. The Morgan fingerprint density at radius 2 is 2.05 bits per heavy atom. The molecule has 1 aliphatic carbocycles. The van der Waals surface area contributed by atoms with Crippen molar-refractivity contribution in [2.75, 3.05) is 6.61 Å². The molecule has 4 nitrogen and oxygen atoms in total. The maximum Gasteiger partial charge on any atom is 0.225 e. The number of aromatic nitrogens is 1.